The van der Waals surface area contributed by atoms with Gasteiger partial charge in [-0.1, -0.05) is 6.07 Å². The molecule has 0 aliphatic rings. The number of carboxylic acid groups (broad SMARTS) is 1. The molecule has 0 saturated heterocycles. The monoisotopic (exact) mass is 273 g/mol. The molecule has 0 atom stereocenters. The first kappa shape index (κ1) is 14.1. The van der Waals surface area contributed by atoms with Gasteiger partial charge in [-0.2, -0.15) is 0 Å². The molecule has 1 rings (SSSR count). The van der Waals surface area contributed by atoms with Crippen LogP contribution in [-0.4, -0.2) is 34.8 Å². The smallest absolute Gasteiger partial charge is 0.411 e. The van der Waals surface area contributed by atoms with Crippen molar-refractivity contribution in [1.29, 1.82) is 0 Å². The van der Waals surface area contributed by atoms with Crippen LogP contribution in [0.25, 0.3) is 0 Å². The Labute approximate surface area is 108 Å². The van der Waals surface area contributed by atoms with Crippen LogP contribution in [0, 0.1) is 0 Å². The van der Waals surface area contributed by atoms with Gasteiger partial charge >= 0.3 is 12.1 Å². The average Bonchev–Trinajstić information content (AvgIpc) is 2.30. The minimum Gasteiger partial charge on any atom is -0.506 e. The minimum atomic E-state index is -1.00. The molecule has 7 heteroatoms. The number of phenols is 1. The summed E-state index contributed by atoms with van der Waals surface area (Å²) in [5.41, 5.74) is 0.543. The number of carboxylic acids is 1. The topological polar surface area (TPSA) is 95.9 Å². The van der Waals surface area contributed by atoms with E-state index in [-0.39, 0.29) is 30.3 Å². The quantitative estimate of drug-likeness (QED) is 0.562. The first-order valence-corrected chi connectivity index (χ1v) is 5.60. The largest absolute Gasteiger partial charge is 0.506 e. The molecular formula is C11H12ClNO5. The number of carbonyl (C=O) groups is 2. The molecule has 0 unspecified atom stereocenters. The van der Waals surface area contributed by atoms with Crippen molar-refractivity contribution in [2.24, 2.45) is 0 Å². The van der Waals surface area contributed by atoms with E-state index < -0.39 is 12.1 Å². The maximum absolute atomic E-state index is 11.2. The number of amides is 1. The van der Waals surface area contributed by atoms with E-state index in [4.69, 9.17) is 16.7 Å². The Kier molecular flexibility index (Phi) is 5.26. The van der Waals surface area contributed by atoms with Crippen molar-refractivity contribution in [1.82, 2.24) is 0 Å². The lowest BCUT2D eigenvalue weighted by Gasteiger charge is -2.08. The molecule has 0 radical (unpaired) electrons. The van der Waals surface area contributed by atoms with Crippen LogP contribution in [0.3, 0.4) is 0 Å². The van der Waals surface area contributed by atoms with Crippen LogP contribution in [0.15, 0.2) is 18.2 Å². The maximum atomic E-state index is 11.2. The molecule has 98 valence electrons. The zero-order valence-electron chi connectivity index (χ0n) is 9.35. The number of rotatable bonds is 5. The van der Waals surface area contributed by atoms with Gasteiger partial charge in [0.15, 0.2) is 0 Å². The number of hydrogen-bond acceptors (Lipinski definition) is 4. The molecule has 1 aromatic rings. The molecule has 0 aromatic heterocycles. The highest BCUT2D eigenvalue weighted by atomic mass is 35.5. The number of aromatic hydroxyl groups is 1. The summed E-state index contributed by atoms with van der Waals surface area (Å²) in [7, 11) is 0. The Balaban J connectivity index is 2.74. The molecule has 0 fully saturated rings. The lowest BCUT2D eigenvalue weighted by molar-refractivity contribution is -0.136. The molecular weight excluding hydrogens is 262 g/mol. The van der Waals surface area contributed by atoms with Gasteiger partial charge in [-0.25, -0.2) is 4.79 Å². The number of carbonyl (C=O) groups excluding carboxylic acids is 1. The molecule has 0 saturated carbocycles. The number of anilines is 1. The molecule has 3 N–H and O–H groups in total. The summed E-state index contributed by atoms with van der Waals surface area (Å²) in [5, 5.41) is 20.4. The third-order valence-corrected chi connectivity index (χ3v) is 2.12. The molecule has 1 aromatic carbocycles. The summed E-state index contributed by atoms with van der Waals surface area (Å²) in [4.78, 5) is 21.8. The van der Waals surface area contributed by atoms with Crippen LogP contribution in [-0.2, 0) is 16.0 Å². The molecule has 0 heterocycles. The predicted molar refractivity (Wildman–Crippen MR) is 65.1 cm³/mol. The van der Waals surface area contributed by atoms with Crippen molar-refractivity contribution < 1.29 is 24.5 Å². The molecule has 0 bridgehead atoms. The van der Waals surface area contributed by atoms with Gasteiger partial charge in [0.25, 0.3) is 0 Å². The highest BCUT2D eigenvalue weighted by Gasteiger charge is 2.09. The Bertz CT molecular complexity index is 449. The van der Waals surface area contributed by atoms with E-state index in [2.05, 4.69) is 10.1 Å². The fourth-order valence-electron chi connectivity index (χ4n) is 1.25. The van der Waals surface area contributed by atoms with Crippen molar-refractivity contribution >= 4 is 29.4 Å². The van der Waals surface area contributed by atoms with Gasteiger partial charge in [-0.05, 0) is 17.7 Å². The van der Waals surface area contributed by atoms with Gasteiger partial charge < -0.3 is 14.9 Å². The number of phenolic OH excluding ortho intramolecular Hbond substituents is 1. The lowest BCUT2D eigenvalue weighted by Crippen LogP contribution is -2.15. The van der Waals surface area contributed by atoms with Gasteiger partial charge in [0.2, 0.25) is 0 Å². The normalized spacial score (nSPS) is 9.83. The van der Waals surface area contributed by atoms with Gasteiger partial charge in [0.05, 0.1) is 18.0 Å². The zero-order chi connectivity index (χ0) is 13.5. The van der Waals surface area contributed by atoms with Crippen LogP contribution >= 0.6 is 11.6 Å². The molecule has 0 aliphatic heterocycles. The van der Waals surface area contributed by atoms with Crippen LogP contribution < -0.4 is 5.32 Å². The van der Waals surface area contributed by atoms with Crippen molar-refractivity contribution in [3.8, 4) is 5.75 Å². The van der Waals surface area contributed by atoms with Crippen molar-refractivity contribution in [2.75, 3.05) is 17.8 Å². The van der Waals surface area contributed by atoms with Gasteiger partial charge in [-0.3, -0.25) is 10.1 Å². The predicted octanol–water partition coefficient (Wildman–Crippen LogP) is 1.81. The van der Waals surface area contributed by atoms with Crippen LogP contribution in [0.5, 0.6) is 5.75 Å². The van der Waals surface area contributed by atoms with Crippen molar-refractivity contribution in [3.05, 3.63) is 23.8 Å². The maximum Gasteiger partial charge on any atom is 0.411 e. The number of aliphatic carboxylic acids is 1. The van der Waals surface area contributed by atoms with E-state index in [9.17, 15) is 14.7 Å². The molecule has 18 heavy (non-hydrogen) atoms. The average molecular weight is 274 g/mol. The summed E-state index contributed by atoms with van der Waals surface area (Å²) in [6.07, 6.45) is -0.968. The lowest BCUT2D eigenvalue weighted by atomic mass is 10.1. The van der Waals surface area contributed by atoms with E-state index in [0.29, 0.717) is 5.56 Å². The Morgan fingerprint density at radius 3 is 2.72 bits per heavy atom. The fourth-order valence-corrected chi connectivity index (χ4v) is 1.32. The number of ether oxygens (including phenoxy) is 1. The Morgan fingerprint density at radius 1 is 1.39 bits per heavy atom. The number of alkyl halides is 1. The summed E-state index contributed by atoms with van der Waals surface area (Å²) >= 11 is 5.34. The van der Waals surface area contributed by atoms with Crippen molar-refractivity contribution in [3.63, 3.8) is 0 Å². The summed E-state index contributed by atoms with van der Waals surface area (Å²) in [5.74, 6) is -1.01. The number of halogens is 1. The standard InChI is InChI=1S/C11H12ClNO5/c12-3-4-18-11(17)13-8-5-7(6-10(15)16)1-2-9(8)14/h1-2,5,14H,3-4,6H2,(H,13,17)(H,15,16). The second-order valence-electron chi connectivity index (χ2n) is 3.37. The van der Waals surface area contributed by atoms with E-state index in [1.165, 1.54) is 18.2 Å². The van der Waals surface area contributed by atoms with Crippen LogP contribution in [0.2, 0.25) is 0 Å². The van der Waals surface area contributed by atoms with Crippen molar-refractivity contribution in [2.45, 2.75) is 6.42 Å². The highest BCUT2D eigenvalue weighted by Crippen LogP contribution is 2.24. The van der Waals surface area contributed by atoms with E-state index in [1.54, 1.807) is 0 Å². The molecule has 1 amide bonds. The molecule has 6 nitrogen and oxygen atoms in total. The number of nitrogens with one attached hydrogen (secondary N) is 1. The van der Waals surface area contributed by atoms with Gasteiger partial charge in [0, 0.05) is 0 Å². The minimum absolute atomic E-state index is 0.0446. The summed E-state index contributed by atoms with van der Waals surface area (Å²) in [6.45, 7) is 0.0446. The Hall–Kier alpha value is -1.95. The first-order chi connectivity index (χ1) is 8.52. The fraction of sp³-hybridized carbons (Fsp3) is 0.273. The van der Waals surface area contributed by atoms with E-state index >= 15 is 0 Å². The third kappa shape index (κ3) is 4.50. The van der Waals surface area contributed by atoms with Crippen LogP contribution in [0.1, 0.15) is 5.56 Å². The van der Waals surface area contributed by atoms with Gasteiger partial charge in [-0.15, -0.1) is 11.6 Å². The van der Waals surface area contributed by atoms with E-state index in [0.717, 1.165) is 0 Å². The molecule has 0 aliphatic carbocycles. The number of hydrogen-bond donors (Lipinski definition) is 3. The SMILES string of the molecule is O=C(O)Cc1ccc(O)c(NC(=O)OCCCl)c1. The summed E-state index contributed by atoms with van der Waals surface area (Å²) < 4.78 is 4.66. The first-order valence-electron chi connectivity index (χ1n) is 5.06. The van der Waals surface area contributed by atoms with Crippen LogP contribution in [0.4, 0.5) is 10.5 Å². The second kappa shape index (κ2) is 6.70. The van der Waals surface area contributed by atoms with Gasteiger partial charge in [0.1, 0.15) is 12.4 Å². The highest BCUT2D eigenvalue weighted by molar-refractivity contribution is 6.18. The summed E-state index contributed by atoms with van der Waals surface area (Å²) in [6, 6.07) is 4.12. The number of benzene rings is 1. The molecule has 0 spiro atoms. The zero-order valence-corrected chi connectivity index (χ0v) is 10.1. The second-order valence-corrected chi connectivity index (χ2v) is 3.75. The Morgan fingerprint density at radius 2 is 2.11 bits per heavy atom. The van der Waals surface area contributed by atoms with E-state index in [1.807, 2.05) is 0 Å². The third-order valence-electron chi connectivity index (χ3n) is 1.96.